The highest BCUT2D eigenvalue weighted by molar-refractivity contribution is 7.09. The first-order valence-electron chi connectivity index (χ1n) is 21.7. The molecule has 1 aromatic carbocycles. The second-order valence-corrected chi connectivity index (χ2v) is 16.5. The van der Waals surface area contributed by atoms with Crippen LogP contribution in [0.5, 0.6) is 0 Å². The van der Waals surface area contributed by atoms with Crippen LogP contribution in [0.15, 0.2) is 35.7 Å². The minimum atomic E-state index is -1.10. The Balaban J connectivity index is 1.84. The van der Waals surface area contributed by atoms with Crippen molar-refractivity contribution in [2.75, 3.05) is 59.9 Å². The van der Waals surface area contributed by atoms with E-state index in [1.54, 1.807) is 10.3 Å². The first-order chi connectivity index (χ1) is 29.3. The Kier molecular flexibility index (Phi) is 23.2. The highest BCUT2D eigenvalue weighted by Crippen LogP contribution is 2.32. The van der Waals surface area contributed by atoms with E-state index in [0.29, 0.717) is 44.2 Å². The topological polar surface area (TPSA) is 216 Å². The van der Waals surface area contributed by atoms with Gasteiger partial charge < -0.3 is 40.2 Å². The van der Waals surface area contributed by atoms with Crippen LogP contribution in [-0.2, 0) is 39.8 Å². The average molecular weight is 875 g/mol. The summed E-state index contributed by atoms with van der Waals surface area (Å²) in [5.74, 6) is -1.83. The summed E-state index contributed by atoms with van der Waals surface area (Å²) in [6, 6.07) is 6.59. The number of hydrogen-bond donors (Lipinski definition) is 5. The summed E-state index contributed by atoms with van der Waals surface area (Å²) in [5, 5.41) is 8.06. The van der Waals surface area contributed by atoms with Gasteiger partial charge in [0.1, 0.15) is 42.2 Å². The zero-order valence-corrected chi connectivity index (χ0v) is 37.9. The van der Waals surface area contributed by atoms with E-state index in [0.717, 1.165) is 37.8 Å². The Bertz CT molecular complexity index is 1630. The summed E-state index contributed by atoms with van der Waals surface area (Å²) in [7, 11) is 1.95. The van der Waals surface area contributed by atoms with Crippen LogP contribution < -0.4 is 27.2 Å². The molecule has 5 amide bonds. The monoisotopic (exact) mass is 874 g/mol. The quantitative estimate of drug-likeness (QED) is 0.0517. The summed E-state index contributed by atoms with van der Waals surface area (Å²) >= 11 is 1.25. The molecule has 2 aromatic rings. The third-order valence-electron chi connectivity index (χ3n) is 10.7. The number of rotatable bonds is 26. The number of nitrogens with one attached hydrogen (secondary N) is 4. The van der Waals surface area contributed by atoms with Gasteiger partial charge in [0.2, 0.25) is 11.8 Å². The molecule has 1 aliphatic heterocycles. The first kappa shape index (κ1) is 51.2. The molecule has 61 heavy (non-hydrogen) atoms. The molecule has 1 fully saturated rings. The van der Waals surface area contributed by atoms with Crippen molar-refractivity contribution in [1.82, 2.24) is 36.3 Å². The molecule has 0 aliphatic carbocycles. The zero-order valence-electron chi connectivity index (χ0n) is 37.1. The molecule has 6 atom stereocenters. The largest absolute Gasteiger partial charge is 0.446 e. The van der Waals surface area contributed by atoms with E-state index in [2.05, 4.69) is 26.4 Å². The molecule has 18 heteroatoms. The molecule has 2 heterocycles. The SMILES string of the molecule is CCCO[C@H](C[C@H](C(C)C)N(COCC)C(=O)[C@@H](NC(=O)[C@H]1CCCCN1C)[C@@H](C)CC)c1nc(C(=O)N[C@@H](Cc2ccccc2)C(=O)NNC(=O)OCCOCCN)cs1. The molecule has 0 radical (unpaired) electrons. The highest BCUT2D eigenvalue weighted by Gasteiger charge is 2.38. The van der Waals surface area contributed by atoms with Crippen molar-refractivity contribution in [2.45, 2.75) is 117 Å². The number of aromatic nitrogens is 1. The Hall–Kier alpha value is -4.20. The molecule has 1 aromatic heterocycles. The Labute approximate surface area is 365 Å². The van der Waals surface area contributed by atoms with Crippen molar-refractivity contribution in [3.05, 3.63) is 52.0 Å². The van der Waals surface area contributed by atoms with Crippen LogP contribution in [0.3, 0.4) is 0 Å². The predicted molar refractivity (Wildman–Crippen MR) is 233 cm³/mol. The third kappa shape index (κ3) is 16.9. The van der Waals surface area contributed by atoms with Gasteiger partial charge in [0.25, 0.3) is 11.8 Å². The number of carbonyl (C=O) groups excluding carboxylic acids is 5. The van der Waals surface area contributed by atoms with E-state index < -0.39 is 36.1 Å². The van der Waals surface area contributed by atoms with E-state index in [-0.39, 0.29) is 67.8 Å². The van der Waals surface area contributed by atoms with Gasteiger partial charge in [0, 0.05) is 44.0 Å². The second kappa shape index (κ2) is 27.7. The normalized spacial score (nSPS) is 16.8. The van der Waals surface area contributed by atoms with E-state index in [1.165, 1.54) is 11.3 Å². The number of amides is 5. The summed E-state index contributed by atoms with van der Waals surface area (Å²) in [6.07, 6.45) is 3.12. The molecule has 1 saturated heterocycles. The first-order valence-corrected chi connectivity index (χ1v) is 22.5. The number of thiazole rings is 1. The fourth-order valence-electron chi connectivity index (χ4n) is 6.95. The highest BCUT2D eigenvalue weighted by atomic mass is 32.1. The number of ether oxygens (including phenoxy) is 4. The van der Waals surface area contributed by atoms with Gasteiger partial charge in [-0.3, -0.25) is 29.5 Å². The lowest BCUT2D eigenvalue weighted by molar-refractivity contribution is -0.149. The summed E-state index contributed by atoms with van der Waals surface area (Å²) in [4.78, 5) is 76.2. The number of hydrazine groups is 1. The lowest BCUT2D eigenvalue weighted by Gasteiger charge is -2.40. The van der Waals surface area contributed by atoms with Crippen LogP contribution in [0.25, 0.3) is 0 Å². The number of likely N-dealkylation sites (N-methyl/N-ethyl adjacent to an activating group) is 1. The van der Waals surface area contributed by atoms with Gasteiger partial charge in [-0.05, 0) is 57.2 Å². The zero-order chi connectivity index (χ0) is 44.7. The maximum atomic E-state index is 14.7. The minimum absolute atomic E-state index is 0.0248. The fourth-order valence-corrected chi connectivity index (χ4v) is 7.81. The van der Waals surface area contributed by atoms with Crippen LogP contribution in [0.4, 0.5) is 4.79 Å². The van der Waals surface area contributed by atoms with Gasteiger partial charge in [-0.25, -0.2) is 15.2 Å². The van der Waals surface area contributed by atoms with Crippen molar-refractivity contribution in [1.29, 1.82) is 0 Å². The Morgan fingerprint density at radius 2 is 1.72 bits per heavy atom. The number of likely N-dealkylation sites (tertiary alicyclic amines) is 1. The van der Waals surface area contributed by atoms with Crippen LogP contribution in [0.1, 0.15) is 107 Å². The van der Waals surface area contributed by atoms with E-state index in [4.69, 9.17) is 29.7 Å². The van der Waals surface area contributed by atoms with Crippen molar-refractivity contribution in [3.8, 4) is 0 Å². The Morgan fingerprint density at radius 1 is 0.967 bits per heavy atom. The van der Waals surface area contributed by atoms with Gasteiger partial charge >= 0.3 is 6.09 Å². The molecule has 17 nitrogen and oxygen atoms in total. The lowest BCUT2D eigenvalue weighted by atomic mass is 9.92. The molecule has 342 valence electrons. The lowest BCUT2D eigenvalue weighted by Crippen LogP contribution is -2.59. The van der Waals surface area contributed by atoms with Crippen LogP contribution in [0, 0.1) is 11.8 Å². The molecule has 6 N–H and O–H groups in total. The average Bonchev–Trinajstić information content (AvgIpc) is 3.75. The van der Waals surface area contributed by atoms with Crippen molar-refractivity contribution < 1.29 is 42.9 Å². The maximum Gasteiger partial charge on any atom is 0.426 e. The van der Waals surface area contributed by atoms with E-state index >= 15 is 0 Å². The predicted octanol–water partition coefficient (Wildman–Crippen LogP) is 3.94. The summed E-state index contributed by atoms with van der Waals surface area (Å²) in [6.45, 7) is 14.3. The number of hydrogen-bond acceptors (Lipinski definition) is 13. The van der Waals surface area contributed by atoms with Gasteiger partial charge in [-0.2, -0.15) is 0 Å². The van der Waals surface area contributed by atoms with Crippen LogP contribution in [-0.4, -0.2) is 129 Å². The summed E-state index contributed by atoms with van der Waals surface area (Å²) < 4.78 is 22.5. The molecular weight excluding hydrogens is 805 g/mol. The van der Waals surface area contributed by atoms with Gasteiger partial charge in [-0.15, -0.1) is 11.3 Å². The minimum Gasteiger partial charge on any atom is -0.446 e. The van der Waals surface area contributed by atoms with E-state index in [9.17, 15) is 24.0 Å². The van der Waals surface area contributed by atoms with Crippen molar-refractivity contribution >= 4 is 41.1 Å². The fraction of sp³-hybridized carbons (Fsp3) is 0.674. The van der Waals surface area contributed by atoms with Gasteiger partial charge in [-0.1, -0.05) is 77.8 Å². The maximum absolute atomic E-state index is 14.7. The number of nitrogens with zero attached hydrogens (tertiary/aromatic N) is 3. The number of piperidine rings is 1. The molecule has 1 aliphatic rings. The van der Waals surface area contributed by atoms with E-state index in [1.807, 2.05) is 78.9 Å². The number of benzene rings is 1. The number of carbonyl (C=O) groups is 5. The molecule has 0 spiro atoms. The molecule has 0 bridgehead atoms. The number of nitrogens with two attached hydrogens (primary N) is 1. The molecule has 3 rings (SSSR count). The van der Waals surface area contributed by atoms with Gasteiger partial charge in [0.05, 0.1) is 19.3 Å². The molecule has 0 saturated carbocycles. The Morgan fingerprint density at radius 3 is 2.38 bits per heavy atom. The second-order valence-electron chi connectivity index (χ2n) is 15.6. The van der Waals surface area contributed by atoms with Crippen LogP contribution in [0.2, 0.25) is 0 Å². The summed E-state index contributed by atoms with van der Waals surface area (Å²) in [5.41, 5.74) is 10.8. The van der Waals surface area contributed by atoms with Crippen molar-refractivity contribution in [2.24, 2.45) is 17.6 Å². The van der Waals surface area contributed by atoms with Crippen LogP contribution >= 0.6 is 11.3 Å². The standard InChI is InChI=1S/C43H70N8O9S/c1-8-21-59-36(26-35(29(4)5)51(28-57-10-3)42(55)37(30(6)9-2)47-40(54)34-18-14-15-20-50(34)7)41-46-33(27-61-41)38(52)45-32(25-31-16-12-11-13-17-31)39(53)48-49-43(56)60-24-23-58-22-19-44/h11-13,16-17,27,29-30,32,34-37H,8-10,14-15,18-26,28,44H2,1-7H3,(H,45,52)(H,47,54)(H,48,53)(H,49,56)/t30-,32-,34+,35+,36+,37-/m0/s1. The van der Waals surface area contributed by atoms with Crippen molar-refractivity contribution in [3.63, 3.8) is 0 Å². The molecular formula is C43H70N8O9S. The third-order valence-corrected chi connectivity index (χ3v) is 11.6. The molecule has 0 unspecified atom stereocenters. The smallest absolute Gasteiger partial charge is 0.426 e. The van der Waals surface area contributed by atoms with Gasteiger partial charge in [0.15, 0.2) is 0 Å².